The van der Waals surface area contributed by atoms with Crippen molar-refractivity contribution in [2.24, 2.45) is 0 Å². The summed E-state index contributed by atoms with van der Waals surface area (Å²) in [5.74, 6) is -2.18. The van der Waals surface area contributed by atoms with Crippen LogP contribution >= 0.6 is 0 Å². The SMILES string of the molecule is O=C(CCS(=O)(=O)c1ccc2ccccc2c1)N1CCN(Cc2cccc(F)c2F)CC1. The number of amides is 1. The van der Waals surface area contributed by atoms with Crippen LogP contribution in [0.4, 0.5) is 8.78 Å². The van der Waals surface area contributed by atoms with Crippen LogP contribution in [0, 0.1) is 11.6 Å². The molecule has 1 heterocycles. The van der Waals surface area contributed by atoms with Crippen LogP contribution in [0.5, 0.6) is 0 Å². The molecule has 0 atom stereocenters. The molecule has 0 spiro atoms. The quantitative estimate of drug-likeness (QED) is 0.566. The van der Waals surface area contributed by atoms with E-state index >= 15 is 0 Å². The van der Waals surface area contributed by atoms with Crippen LogP contribution < -0.4 is 0 Å². The minimum atomic E-state index is -3.58. The topological polar surface area (TPSA) is 57.7 Å². The maximum atomic E-state index is 13.9. The lowest BCUT2D eigenvalue weighted by molar-refractivity contribution is -0.132. The monoisotopic (exact) mass is 458 g/mol. The van der Waals surface area contributed by atoms with E-state index in [1.54, 1.807) is 29.2 Å². The molecule has 1 fully saturated rings. The van der Waals surface area contributed by atoms with Crippen LogP contribution in [0.2, 0.25) is 0 Å². The van der Waals surface area contributed by atoms with E-state index < -0.39 is 21.5 Å². The van der Waals surface area contributed by atoms with Gasteiger partial charge in [-0.2, -0.15) is 0 Å². The van der Waals surface area contributed by atoms with Gasteiger partial charge in [0.15, 0.2) is 21.5 Å². The first-order valence-electron chi connectivity index (χ1n) is 10.5. The summed E-state index contributed by atoms with van der Waals surface area (Å²) in [4.78, 5) is 16.4. The molecule has 0 aliphatic carbocycles. The Morgan fingerprint density at radius 2 is 1.59 bits per heavy atom. The third kappa shape index (κ3) is 4.97. The van der Waals surface area contributed by atoms with Crippen molar-refractivity contribution in [2.45, 2.75) is 17.9 Å². The van der Waals surface area contributed by atoms with Crippen molar-refractivity contribution in [2.75, 3.05) is 31.9 Å². The van der Waals surface area contributed by atoms with Crippen molar-refractivity contribution < 1.29 is 22.0 Å². The van der Waals surface area contributed by atoms with Gasteiger partial charge < -0.3 is 4.90 Å². The van der Waals surface area contributed by atoms with Crippen LogP contribution in [-0.2, 0) is 21.2 Å². The van der Waals surface area contributed by atoms with Crippen LogP contribution in [-0.4, -0.2) is 56.1 Å². The van der Waals surface area contributed by atoms with E-state index in [2.05, 4.69) is 0 Å². The molecule has 0 unspecified atom stereocenters. The largest absolute Gasteiger partial charge is 0.340 e. The number of nitrogens with zero attached hydrogens (tertiary/aromatic N) is 2. The van der Waals surface area contributed by atoms with Crippen LogP contribution in [0.3, 0.4) is 0 Å². The minimum Gasteiger partial charge on any atom is -0.340 e. The average Bonchev–Trinajstić information content (AvgIpc) is 2.80. The molecule has 1 aliphatic rings. The van der Waals surface area contributed by atoms with Crippen molar-refractivity contribution in [1.29, 1.82) is 0 Å². The lowest BCUT2D eigenvalue weighted by atomic mass is 10.1. The van der Waals surface area contributed by atoms with Gasteiger partial charge in [-0.05, 0) is 29.0 Å². The molecule has 0 aromatic heterocycles. The van der Waals surface area contributed by atoms with E-state index in [9.17, 15) is 22.0 Å². The molecular formula is C24H24F2N2O3S. The smallest absolute Gasteiger partial charge is 0.223 e. The third-order valence-corrected chi connectivity index (χ3v) is 7.53. The summed E-state index contributed by atoms with van der Waals surface area (Å²) < 4.78 is 52.7. The predicted molar refractivity (Wildman–Crippen MR) is 119 cm³/mol. The van der Waals surface area contributed by atoms with Gasteiger partial charge in [0.1, 0.15) is 0 Å². The Morgan fingerprint density at radius 3 is 2.34 bits per heavy atom. The number of hydrogen-bond donors (Lipinski definition) is 0. The molecule has 3 aromatic carbocycles. The molecule has 1 aliphatic heterocycles. The Labute approximate surface area is 186 Å². The van der Waals surface area contributed by atoms with Crippen LogP contribution in [0.1, 0.15) is 12.0 Å². The Balaban J connectivity index is 1.31. The molecule has 0 radical (unpaired) electrons. The van der Waals surface area contributed by atoms with Gasteiger partial charge >= 0.3 is 0 Å². The van der Waals surface area contributed by atoms with Crippen molar-refractivity contribution in [1.82, 2.24) is 9.80 Å². The van der Waals surface area contributed by atoms with Gasteiger partial charge in [-0.3, -0.25) is 9.69 Å². The number of carbonyl (C=O) groups is 1. The summed E-state index contributed by atoms with van der Waals surface area (Å²) in [7, 11) is -3.58. The van der Waals surface area contributed by atoms with E-state index in [4.69, 9.17) is 0 Å². The van der Waals surface area contributed by atoms with E-state index in [1.807, 2.05) is 29.2 Å². The summed E-state index contributed by atoms with van der Waals surface area (Å²) in [6, 6.07) is 16.6. The highest BCUT2D eigenvalue weighted by Gasteiger charge is 2.24. The second kappa shape index (κ2) is 9.34. The summed E-state index contributed by atoms with van der Waals surface area (Å²) in [6.45, 7) is 2.14. The maximum Gasteiger partial charge on any atom is 0.223 e. The Bertz CT molecular complexity index is 1240. The molecule has 3 aromatic rings. The standard InChI is InChI=1S/C24H24F2N2O3S/c25-22-7-3-6-20(24(22)26)17-27-11-13-28(14-12-27)23(29)10-15-32(30,31)21-9-8-18-4-1-2-5-19(18)16-21/h1-9,16H,10-15,17H2. The van der Waals surface area contributed by atoms with Gasteiger partial charge in [-0.25, -0.2) is 17.2 Å². The predicted octanol–water partition coefficient (Wildman–Crippen LogP) is 3.63. The lowest BCUT2D eigenvalue weighted by Gasteiger charge is -2.34. The molecule has 4 rings (SSSR count). The fraction of sp³-hybridized carbons (Fsp3) is 0.292. The number of halogens is 2. The highest BCUT2D eigenvalue weighted by Crippen LogP contribution is 2.21. The first-order valence-corrected chi connectivity index (χ1v) is 12.1. The summed E-state index contributed by atoms with van der Waals surface area (Å²) in [5.41, 5.74) is 0.284. The van der Waals surface area contributed by atoms with Gasteiger partial charge in [0.2, 0.25) is 5.91 Å². The second-order valence-corrected chi connectivity index (χ2v) is 10.1. The van der Waals surface area contributed by atoms with Crippen molar-refractivity contribution in [3.8, 4) is 0 Å². The molecule has 0 bridgehead atoms. The number of fused-ring (bicyclic) bond motifs is 1. The fourth-order valence-corrected chi connectivity index (χ4v) is 5.19. The van der Waals surface area contributed by atoms with Gasteiger partial charge in [0.25, 0.3) is 0 Å². The molecule has 1 saturated heterocycles. The Hall–Kier alpha value is -2.84. The zero-order valence-electron chi connectivity index (χ0n) is 17.5. The average molecular weight is 459 g/mol. The Kier molecular flexibility index (Phi) is 6.53. The number of rotatable bonds is 6. The molecule has 0 N–H and O–H groups in total. The number of sulfone groups is 1. The molecule has 8 heteroatoms. The van der Waals surface area contributed by atoms with Crippen molar-refractivity contribution >= 4 is 26.5 Å². The summed E-state index contributed by atoms with van der Waals surface area (Å²) >= 11 is 0. The summed E-state index contributed by atoms with van der Waals surface area (Å²) in [6.07, 6.45) is -0.0896. The fourth-order valence-electron chi connectivity index (χ4n) is 3.93. The second-order valence-electron chi connectivity index (χ2n) is 7.95. The molecule has 0 saturated carbocycles. The molecule has 168 valence electrons. The van der Waals surface area contributed by atoms with Gasteiger partial charge in [0.05, 0.1) is 10.6 Å². The molecule has 1 amide bonds. The third-order valence-electron chi connectivity index (χ3n) is 5.82. The zero-order chi connectivity index (χ0) is 22.7. The number of piperazine rings is 1. The maximum absolute atomic E-state index is 13.9. The van der Waals surface area contributed by atoms with E-state index in [1.165, 1.54) is 6.07 Å². The normalized spacial score (nSPS) is 15.2. The Morgan fingerprint density at radius 1 is 0.875 bits per heavy atom. The van der Waals surface area contributed by atoms with E-state index in [0.717, 1.165) is 16.8 Å². The van der Waals surface area contributed by atoms with Crippen molar-refractivity contribution in [3.05, 3.63) is 77.9 Å². The van der Waals surface area contributed by atoms with Gasteiger partial charge in [-0.1, -0.05) is 42.5 Å². The molecule has 5 nitrogen and oxygen atoms in total. The highest BCUT2D eigenvalue weighted by molar-refractivity contribution is 7.91. The first-order chi connectivity index (χ1) is 15.3. The van der Waals surface area contributed by atoms with E-state index in [-0.39, 0.29) is 35.1 Å². The highest BCUT2D eigenvalue weighted by atomic mass is 32.2. The van der Waals surface area contributed by atoms with Gasteiger partial charge in [-0.15, -0.1) is 0 Å². The minimum absolute atomic E-state index is 0.0896. The van der Waals surface area contributed by atoms with Crippen LogP contribution in [0.15, 0.2) is 65.6 Å². The van der Waals surface area contributed by atoms with Crippen molar-refractivity contribution in [3.63, 3.8) is 0 Å². The summed E-state index contributed by atoms with van der Waals surface area (Å²) in [5, 5.41) is 1.80. The molecular weight excluding hydrogens is 434 g/mol. The van der Waals surface area contributed by atoms with Crippen LogP contribution in [0.25, 0.3) is 10.8 Å². The van der Waals surface area contributed by atoms with Gasteiger partial charge in [0, 0.05) is 44.7 Å². The first kappa shape index (κ1) is 22.4. The lowest BCUT2D eigenvalue weighted by Crippen LogP contribution is -2.48. The zero-order valence-corrected chi connectivity index (χ0v) is 18.3. The number of hydrogen-bond acceptors (Lipinski definition) is 4. The number of benzene rings is 3. The number of carbonyl (C=O) groups excluding carboxylic acids is 1. The van der Waals surface area contributed by atoms with E-state index in [0.29, 0.717) is 26.2 Å². The molecule has 32 heavy (non-hydrogen) atoms.